The van der Waals surface area contributed by atoms with E-state index < -0.39 is 29.7 Å². The van der Waals surface area contributed by atoms with Crippen molar-refractivity contribution in [2.75, 3.05) is 19.0 Å². The number of carbonyl (C=O) groups is 1. The lowest BCUT2D eigenvalue weighted by Crippen LogP contribution is -2.47. The van der Waals surface area contributed by atoms with E-state index in [4.69, 9.17) is 0 Å². The number of hydrazone groups is 1. The minimum absolute atomic E-state index is 0.272. The maximum absolute atomic E-state index is 13.2. The first-order valence-electron chi connectivity index (χ1n) is 10.6. The molecule has 4 rings (SSSR count). The van der Waals surface area contributed by atoms with E-state index in [1.807, 2.05) is 74.4 Å². The number of hydrogen-bond donors (Lipinski definition) is 1. The van der Waals surface area contributed by atoms with E-state index in [0.717, 1.165) is 22.4 Å². The molecule has 3 aromatic carbocycles. The maximum atomic E-state index is 13.2. The number of halogens is 1. The number of hydrogen-bond acceptors (Lipinski definition) is 4. The van der Waals surface area contributed by atoms with Crippen molar-refractivity contribution < 1.29 is 19.0 Å². The average Bonchev–Trinajstić information content (AvgIpc) is 3.09. The van der Waals surface area contributed by atoms with Crippen molar-refractivity contribution in [1.29, 1.82) is 0 Å². The number of benzene rings is 3. The average molecular weight is 445 g/mol. The van der Waals surface area contributed by atoms with Crippen molar-refractivity contribution in [3.05, 3.63) is 101 Å². The van der Waals surface area contributed by atoms with Gasteiger partial charge >= 0.3 is 0 Å². The van der Waals surface area contributed by atoms with Gasteiger partial charge in [-0.05, 0) is 60.6 Å². The molecule has 3 aromatic rings. The molecule has 2 atom stereocenters. The summed E-state index contributed by atoms with van der Waals surface area (Å²) in [6.07, 6.45) is 1.80. The van der Waals surface area contributed by atoms with Crippen LogP contribution >= 0.6 is 0 Å². The number of anilines is 1. The van der Waals surface area contributed by atoms with Crippen LogP contribution in [0.2, 0.25) is 0 Å². The highest BCUT2D eigenvalue weighted by Gasteiger charge is 2.41. The molecule has 1 aliphatic heterocycles. The minimum Gasteiger partial charge on any atom is -0.856 e. The Labute approximate surface area is 192 Å². The lowest BCUT2D eigenvalue weighted by molar-refractivity contribution is -0.565. The Morgan fingerprint density at radius 3 is 2.27 bits per heavy atom. The fourth-order valence-corrected chi connectivity index (χ4v) is 3.72. The summed E-state index contributed by atoms with van der Waals surface area (Å²) in [4.78, 5) is 14.8. The molecule has 0 unspecified atom stereocenters. The van der Waals surface area contributed by atoms with Crippen LogP contribution in [0.1, 0.15) is 33.1 Å². The first kappa shape index (κ1) is 22.2. The summed E-state index contributed by atoms with van der Waals surface area (Å²) < 4.78 is 14.9. The van der Waals surface area contributed by atoms with Crippen LogP contribution in [-0.2, 0) is 0 Å². The van der Waals surface area contributed by atoms with Crippen LogP contribution in [0.25, 0.3) is 0 Å². The summed E-state index contributed by atoms with van der Waals surface area (Å²) in [6.45, 7) is 1.98. The van der Waals surface area contributed by atoms with Crippen LogP contribution in [0.3, 0.4) is 0 Å². The molecule has 0 radical (unpaired) electrons. The fourth-order valence-electron chi connectivity index (χ4n) is 3.72. The van der Waals surface area contributed by atoms with E-state index in [9.17, 15) is 14.3 Å². The molecule has 0 fully saturated rings. The molecule has 0 bridgehead atoms. The molecule has 1 heterocycles. The Kier molecular flexibility index (Phi) is 6.22. The Bertz CT molecular complexity index is 1200. The molecule has 1 aliphatic rings. The second-order valence-electron chi connectivity index (χ2n) is 8.25. The third-order valence-electron chi connectivity index (χ3n) is 5.58. The van der Waals surface area contributed by atoms with E-state index in [1.54, 1.807) is 10.9 Å². The molecular formula is C26H25FN4O2. The number of nitrogens with one attached hydrogen (secondary N) is 1. The molecule has 1 amide bonds. The van der Waals surface area contributed by atoms with Crippen molar-refractivity contribution in [3.63, 3.8) is 0 Å². The van der Waals surface area contributed by atoms with Gasteiger partial charge in [0.25, 0.3) is 5.91 Å². The first-order valence-corrected chi connectivity index (χ1v) is 10.6. The topological polar surface area (TPSA) is 70.8 Å². The third-order valence-corrected chi connectivity index (χ3v) is 5.58. The predicted molar refractivity (Wildman–Crippen MR) is 125 cm³/mol. The Hall–Kier alpha value is -4.00. The molecule has 0 saturated heterocycles. The molecule has 1 N–H and O–H groups in total. The van der Waals surface area contributed by atoms with Crippen molar-refractivity contribution >= 4 is 23.7 Å². The first-order chi connectivity index (χ1) is 15.8. The van der Waals surface area contributed by atoms with E-state index >= 15 is 0 Å². The lowest BCUT2D eigenvalue weighted by atomic mass is 9.98. The summed E-state index contributed by atoms with van der Waals surface area (Å²) in [5.74, 6) is -1.34. The van der Waals surface area contributed by atoms with E-state index in [0.29, 0.717) is 0 Å². The highest BCUT2D eigenvalue weighted by Crippen LogP contribution is 2.27. The van der Waals surface area contributed by atoms with Gasteiger partial charge in [0.05, 0.1) is 5.90 Å². The van der Waals surface area contributed by atoms with Gasteiger partial charge in [0.1, 0.15) is 11.9 Å². The predicted octanol–water partition coefficient (Wildman–Crippen LogP) is 2.86. The molecule has 33 heavy (non-hydrogen) atoms. The van der Waals surface area contributed by atoms with Crippen LogP contribution in [-0.4, -0.2) is 42.8 Å². The second kappa shape index (κ2) is 9.24. The van der Waals surface area contributed by atoms with Gasteiger partial charge in [-0.25, -0.2) is 4.39 Å². The Morgan fingerprint density at radius 1 is 1.03 bits per heavy atom. The zero-order valence-electron chi connectivity index (χ0n) is 18.7. The van der Waals surface area contributed by atoms with Crippen molar-refractivity contribution in [2.45, 2.75) is 19.0 Å². The van der Waals surface area contributed by atoms with Gasteiger partial charge in [-0.3, -0.25) is 4.79 Å². The number of aryl methyl sites for hydroxylation is 1. The summed E-state index contributed by atoms with van der Waals surface area (Å²) >= 11 is 0. The lowest BCUT2D eigenvalue weighted by Gasteiger charge is -2.20. The highest BCUT2D eigenvalue weighted by molar-refractivity contribution is 5.97. The van der Waals surface area contributed by atoms with Crippen LogP contribution in [0.4, 0.5) is 10.1 Å². The van der Waals surface area contributed by atoms with Crippen molar-refractivity contribution in [2.24, 2.45) is 5.10 Å². The van der Waals surface area contributed by atoms with E-state index in [2.05, 4.69) is 10.4 Å². The fraction of sp³-hybridized carbons (Fsp3) is 0.192. The number of nitrogens with zero attached hydrogens (tertiary/aromatic N) is 3. The van der Waals surface area contributed by atoms with Crippen LogP contribution in [0, 0.1) is 12.7 Å². The number of carbonyl (C=O) groups excluding carboxylic acids is 1. The minimum atomic E-state index is -0.887. The van der Waals surface area contributed by atoms with Crippen LogP contribution in [0.15, 0.2) is 77.9 Å². The van der Waals surface area contributed by atoms with Gasteiger partial charge in [0, 0.05) is 36.5 Å². The van der Waals surface area contributed by atoms with Gasteiger partial charge in [-0.15, -0.1) is 0 Å². The monoisotopic (exact) mass is 444 g/mol. The molecule has 6 nitrogen and oxygen atoms in total. The molecule has 0 saturated carbocycles. The highest BCUT2D eigenvalue weighted by atomic mass is 19.1. The zero-order valence-corrected chi connectivity index (χ0v) is 18.7. The number of rotatable bonds is 5. The molecule has 7 heteroatoms. The van der Waals surface area contributed by atoms with Gasteiger partial charge in [0.15, 0.2) is 0 Å². The second-order valence-corrected chi connectivity index (χ2v) is 8.25. The molecule has 168 valence electrons. The van der Waals surface area contributed by atoms with Crippen LogP contribution in [0.5, 0.6) is 0 Å². The van der Waals surface area contributed by atoms with Crippen molar-refractivity contribution in [3.8, 4) is 0 Å². The normalized spacial score (nSPS) is 18.8. The maximum Gasteiger partial charge on any atom is 0.252 e. The van der Waals surface area contributed by atoms with Gasteiger partial charge in [-0.2, -0.15) is 0 Å². The van der Waals surface area contributed by atoms with E-state index in [-0.39, 0.29) is 5.56 Å². The van der Waals surface area contributed by atoms with Gasteiger partial charge in [0.2, 0.25) is 12.3 Å². The summed E-state index contributed by atoms with van der Waals surface area (Å²) in [5.41, 5.74) is 4.14. The van der Waals surface area contributed by atoms with Crippen molar-refractivity contribution in [1.82, 2.24) is 5.32 Å². The quantitative estimate of drug-likeness (QED) is 0.616. The Morgan fingerprint density at radius 2 is 1.67 bits per heavy atom. The Balaban J connectivity index is 1.68. The zero-order chi connectivity index (χ0) is 23.5. The van der Waals surface area contributed by atoms with Gasteiger partial charge in [-0.1, -0.05) is 34.5 Å². The standard InChI is InChI=1S/C26H25FN4O2/c1-17-4-8-19(9-5-17)24-23(28-25(32)20-10-12-21(27)13-11-20)26(33)29-31(24)16-18-6-14-22(15-7-18)30(2)3/h4-16,23-24H,1-3H3,(H-,28,29,32,33)/t23-,24-/m0/s1. The molecular weight excluding hydrogens is 419 g/mol. The SMILES string of the molecule is Cc1ccc([C@H]2[C@H](NC(=O)c3ccc(F)cc3)C([O-])=N/[N+]2=C\c2ccc(N(C)C)cc2)cc1. The summed E-state index contributed by atoms with van der Waals surface area (Å²) in [7, 11) is 3.93. The van der Waals surface area contributed by atoms with Crippen LogP contribution < -0.4 is 15.3 Å². The van der Waals surface area contributed by atoms with E-state index in [1.165, 1.54) is 24.3 Å². The summed E-state index contributed by atoms with van der Waals surface area (Å²) in [6, 6.07) is 19.4. The smallest absolute Gasteiger partial charge is 0.252 e. The van der Waals surface area contributed by atoms with Gasteiger partial charge < -0.3 is 15.3 Å². The third kappa shape index (κ3) is 4.92. The number of amides is 1. The largest absolute Gasteiger partial charge is 0.856 e. The molecule has 0 aromatic heterocycles. The molecule has 0 spiro atoms. The summed E-state index contributed by atoms with van der Waals surface area (Å²) in [5, 5.41) is 19.9. The molecule has 0 aliphatic carbocycles.